The number of alkyl halides is 2. The van der Waals surface area contributed by atoms with E-state index in [4.69, 9.17) is 5.53 Å². The standard InChI is InChI=1S/C19H14F3N3Si/c20-19(21,24-25-23)17-13-7-8-14-18(17)26(22,15-9-3-1-4-10-15)16-11-5-2-6-12-16/h1-14H. The molecule has 0 N–H and O–H groups in total. The van der Waals surface area contributed by atoms with Crippen LogP contribution < -0.4 is 15.6 Å². The third-order valence-corrected chi connectivity index (χ3v) is 7.57. The highest BCUT2D eigenvalue weighted by Crippen LogP contribution is 2.30. The molecule has 0 aromatic heterocycles. The second-order valence-corrected chi connectivity index (χ2v) is 8.68. The molecular formula is C19H14F3N3Si. The van der Waals surface area contributed by atoms with E-state index in [1.54, 1.807) is 60.7 Å². The molecule has 0 unspecified atom stereocenters. The Morgan fingerprint density at radius 1 is 0.769 bits per heavy atom. The highest BCUT2D eigenvalue weighted by Gasteiger charge is 2.46. The van der Waals surface area contributed by atoms with Gasteiger partial charge in [-0.1, -0.05) is 84.9 Å². The Morgan fingerprint density at radius 2 is 1.23 bits per heavy atom. The molecule has 0 fully saturated rings. The molecule has 3 aromatic carbocycles. The van der Waals surface area contributed by atoms with E-state index in [0.29, 0.717) is 10.4 Å². The van der Waals surface area contributed by atoms with E-state index in [2.05, 4.69) is 10.0 Å². The van der Waals surface area contributed by atoms with Gasteiger partial charge in [-0.25, -0.2) is 0 Å². The molecule has 0 aliphatic heterocycles. The minimum absolute atomic E-state index is 0.130. The van der Waals surface area contributed by atoms with E-state index < -0.39 is 20.0 Å². The predicted molar refractivity (Wildman–Crippen MR) is 98.1 cm³/mol. The molecule has 0 heterocycles. The van der Waals surface area contributed by atoms with Gasteiger partial charge in [-0.15, -0.1) is 0 Å². The molecular weight excluding hydrogens is 355 g/mol. The maximum Gasteiger partial charge on any atom is 0.351 e. The van der Waals surface area contributed by atoms with Gasteiger partial charge in [0.15, 0.2) is 0 Å². The molecule has 0 spiro atoms. The van der Waals surface area contributed by atoms with Crippen molar-refractivity contribution in [1.82, 2.24) is 0 Å². The van der Waals surface area contributed by atoms with Gasteiger partial charge in [-0.05, 0) is 26.2 Å². The van der Waals surface area contributed by atoms with Crippen LogP contribution in [0.5, 0.6) is 0 Å². The van der Waals surface area contributed by atoms with Crippen molar-refractivity contribution in [2.24, 2.45) is 5.11 Å². The zero-order valence-electron chi connectivity index (χ0n) is 13.6. The quantitative estimate of drug-likeness (QED) is 0.124. The maximum absolute atomic E-state index is 16.7. The van der Waals surface area contributed by atoms with Crippen molar-refractivity contribution in [3.05, 3.63) is 101 Å². The van der Waals surface area contributed by atoms with Crippen molar-refractivity contribution in [3.8, 4) is 0 Å². The molecule has 7 heteroatoms. The number of rotatable bonds is 5. The second-order valence-electron chi connectivity index (χ2n) is 5.67. The van der Waals surface area contributed by atoms with E-state index >= 15 is 4.11 Å². The topological polar surface area (TPSA) is 48.8 Å². The molecule has 3 aromatic rings. The van der Waals surface area contributed by atoms with E-state index in [1.165, 1.54) is 18.2 Å². The first-order chi connectivity index (χ1) is 12.5. The largest absolute Gasteiger partial charge is 0.351 e. The van der Waals surface area contributed by atoms with Gasteiger partial charge >= 0.3 is 14.5 Å². The van der Waals surface area contributed by atoms with Gasteiger partial charge in [0.25, 0.3) is 0 Å². The lowest BCUT2D eigenvalue weighted by atomic mass is 10.2. The summed E-state index contributed by atoms with van der Waals surface area (Å²) in [5, 5.41) is 3.15. The summed E-state index contributed by atoms with van der Waals surface area (Å²) < 4.78 is 45.5. The van der Waals surface area contributed by atoms with Crippen LogP contribution in [0, 0.1) is 0 Å². The number of hydrogen-bond donors (Lipinski definition) is 0. The number of hydrogen-bond acceptors (Lipinski definition) is 1. The highest BCUT2D eigenvalue weighted by molar-refractivity contribution is 7.06. The Kier molecular flexibility index (Phi) is 4.84. The molecule has 0 bridgehead atoms. The normalized spacial score (nSPS) is 11.7. The third kappa shape index (κ3) is 3.10. The first kappa shape index (κ1) is 17.8. The number of azide groups is 1. The van der Waals surface area contributed by atoms with Crippen LogP contribution in [0.3, 0.4) is 0 Å². The van der Waals surface area contributed by atoms with Crippen molar-refractivity contribution in [3.63, 3.8) is 0 Å². The van der Waals surface area contributed by atoms with Gasteiger partial charge in [-0.3, -0.25) is 4.11 Å². The lowest BCUT2D eigenvalue weighted by Crippen LogP contribution is -2.65. The zero-order chi connectivity index (χ0) is 18.6. The average molecular weight is 369 g/mol. The monoisotopic (exact) mass is 369 g/mol. The average Bonchev–Trinajstić information content (AvgIpc) is 2.69. The van der Waals surface area contributed by atoms with E-state index in [9.17, 15) is 8.78 Å². The Morgan fingerprint density at radius 3 is 1.73 bits per heavy atom. The van der Waals surface area contributed by atoms with Crippen LogP contribution in [-0.2, 0) is 6.05 Å². The Hall–Kier alpha value is -3.02. The van der Waals surface area contributed by atoms with Crippen LogP contribution in [0.4, 0.5) is 12.9 Å². The fourth-order valence-corrected chi connectivity index (χ4v) is 6.16. The summed E-state index contributed by atoms with van der Waals surface area (Å²) in [4.78, 5) is 2.22. The molecule has 0 saturated carbocycles. The smallest absolute Gasteiger partial charge is 0.296 e. The SMILES string of the molecule is [N-]=[N+]=NC(F)(F)c1ccccc1[Si](F)(c1ccccc1)c1ccccc1. The Balaban J connectivity index is 2.34. The Bertz CT molecular complexity index is 903. The van der Waals surface area contributed by atoms with Gasteiger partial charge in [-0.2, -0.15) is 8.78 Å². The van der Waals surface area contributed by atoms with Crippen molar-refractivity contribution < 1.29 is 12.9 Å². The van der Waals surface area contributed by atoms with Crippen LogP contribution in [0.2, 0.25) is 0 Å². The molecule has 0 saturated heterocycles. The molecule has 0 radical (unpaired) electrons. The van der Waals surface area contributed by atoms with Crippen molar-refractivity contribution in [1.29, 1.82) is 0 Å². The third-order valence-electron chi connectivity index (χ3n) is 4.14. The number of halogens is 3. The summed E-state index contributed by atoms with van der Waals surface area (Å²) in [5.74, 6) is 0. The summed E-state index contributed by atoms with van der Waals surface area (Å²) in [7, 11) is -4.22. The summed E-state index contributed by atoms with van der Waals surface area (Å²) in [6.07, 6.45) is 0. The van der Waals surface area contributed by atoms with Gasteiger partial charge in [0, 0.05) is 10.5 Å². The number of nitrogens with zero attached hydrogens (tertiary/aromatic N) is 3. The van der Waals surface area contributed by atoms with Gasteiger partial charge in [0.1, 0.15) is 0 Å². The van der Waals surface area contributed by atoms with Crippen LogP contribution in [0.15, 0.2) is 90.0 Å². The lowest BCUT2D eigenvalue weighted by molar-refractivity contribution is 0.00457. The fourth-order valence-electron chi connectivity index (χ4n) is 2.97. The fraction of sp³-hybridized carbons (Fsp3) is 0.0526. The van der Waals surface area contributed by atoms with Crippen LogP contribution >= 0.6 is 0 Å². The highest BCUT2D eigenvalue weighted by atomic mass is 28.4. The van der Waals surface area contributed by atoms with E-state index in [1.807, 2.05) is 0 Å². The van der Waals surface area contributed by atoms with Crippen molar-refractivity contribution in [2.45, 2.75) is 6.05 Å². The van der Waals surface area contributed by atoms with Crippen molar-refractivity contribution >= 4 is 24.0 Å². The summed E-state index contributed by atoms with van der Waals surface area (Å²) >= 11 is 0. The van der Waals surface area contributed by atoms with Crippen molar-refractivity contribution in [2.75, 3.05) is 0 Å². The van der Waals surface area contributed by atoms with E-state index in [-0.39, 0.29) is 5.19 Å². The first-order valence-corrected chi connectivity index (χ1v) is 9.72. The second kappa shape index (κ2) is 7.07. The summed E-state index contributed by atoms with van der Waals surface area (Å²) in [5.41, 5.74) is 7.88. The lowest BCUT2D eigenvalue weighted by Gasteiger charge is -2.27. The van der Waals surface area contributed by atoms with Gasteiger partial charge in [0.05, 0.1) is 0 Å². The van der Waals surface area contributed by atoms with Crippen LogP contribution in [0.1, 0.15) is 5.56 Å². The molecule has 130 valence electrons. The summed E-state index contributed by atoms with van der Waals surface area (Å²) in [6.45, 7) is 0. The maximum atomic E-state index is 16.7. The molecule has 0 amide bonds. The summed E-state index contributed by atoms with van der Waals surface area (Å²) in [6, 6.07) is 18.1. The minimum Gasteiger partial charge on any atom is -0.296 e. The molecule has 26 heavy (non-hydrogen) atoms. The first-order valence-electron chi connectivity index (χ1n) is 7.84. The minimum atomic E-state index is -4.22. The molecule has 3 nitrogen and oxygen atoms in total. The number of benzene rings is 3. The van der Waals surface area contributed by atoms with Gasteiger partial charge in [0.2, 0.25) is 0 Å². The molecule has 0 atom stereocenters. The molecule has 0 aliphatic carbocycles. The van der Waals surface area contributed by atoms with E-state index in [0.717, 1.165) is 6.07 Å². The van der Waals surface area contributed by atoms with Gasteiger partial charge < -0.3 is 0 Å². The van der Waals surface area contributed by atoms with Crippen LogP contribution in [-0.4, -0.2) is 8.41 Å². The predicted octanol–water partition coefficient (Wildman–Crippen LogP) is 3.98. The Labute approximate surface area is 149 Å². The molecule has 0 aliphatic rings. The van der Waals surface area contributed by atoms with Crippen LogP contribution in [0.25, 0.3) is 10.4 Å². The zero-order valence-corrected chi connectivity index (χ0v) is 14.6. The molecule has 3 rings (SSSR count).